The number of carbonyl (C=O) groups is 1. The normalized spacial score (nSPS) is 12.5. The molecule has 1 unspecified atom stereocenters. The number of hydrogen-bond donors (Lipinski definition) is 1. The quantitative estimate of drug-likeness (QED) is 0.774. The number of nitrogens with one attached hydrogen (secondary N) is 1. The van der Waals surface area contributed by atoms with Gasteiger partial charge in [-0.05, 0) is 31.5 Å². The van der Waals surface area contributed by atoms with E-state index in [1.165, 1.54) is 18.2 Å². The zero-order valence-electron chi connectivity index (χ0n) is 11.2. The second kappa shape index (κ2) is 7.84. The van der Waals surface area contributed by atoms with Crippen molar-refractivity contribution < 1.29 is 18.3 Å². The van der Waals surface area contributed by atoms with Crippen molar-refractivity contribution in [1.82, 2.24) is 5.32 Å². The maximum absolute atomic E-state index is 12.7. The van der Waals surface area contributed by atoms with Gasteiger partial charge in [0.1, 0.15) is 6.04 Å². The van der Waals surface area contributed by atoms with Crippen LogP contribution in [0.3, 0.4) is 0 Å². The molecule has 3 nitrogen and oxygen atoms in total. The number of carbonyl (C=O) groups excluding carboxylic acids is 1. The van der Waals surface area contributed by atoms with Gasteiger partial charge < -0.3 is 10.1 Å². The smallest absolute Gasteiger partial charge is 0.327 e. The van der Waals surface area contributed by atoms with E-state index in [1.54, 1.807) is 13.0 Å². The summed E-state index contributed by atoms with van der Waals surface area (Å²) >= 11 is 0. The molecule has 0 radical (unpaired) electrons. The van der Waals surface area contributed by atoms with Gasteiger partial charge in [-0.2, -0.15) is 0 Å². The van der Waals surface area contributed by atoms with E-state index in [1.807, 2.05) is 6.92 Å². The fraction of sp³-hybridized carbons (Fsp3) is 0.500. The molecule has 1 aromatic carbocycles. The van der Waals surface area contributed by atoms with E-state index >= 15 is 0 Å². The molecule has 1 N–H and O–H groups in total. The summed E-state index contributed by atoms with van der Waals surface area (Å²) in [5, 5.41) is 3.02. The highest BCUT2D eigenvalue weighted by molar-refractivity contribution is 5.77. The van der Waals surface area contributed by atoms with E-state index in [-0.39, 0.29) is 12.2 Å². The molecule has 19 heavy (non-hydrogen) atoms. The molecule has 0 aromatic heterocycles. The number of ether oxygens (including phenoxy) is 1. The molecule has 0 saturated carbocycles. The summed E-state index contributed by atoms with van der Waals surface area (Å²) in [5.41, 5.74) is 0.412. The Morgan fingerprint density at radius 1 is 1.32 bits per heavy atom. The Labute approximate surface area is 112 Å². The Kier molecular flexibility index (Phi) is 6.42. The molecule has 0 spiro atoms. The van der Waals surface area contributed by atoms with Crippen molar-refractivity contribution in [2.45, 2.75) is 32.7 Å². The van der Waals surface area contributed by atoms with Crippen LogP contribution in [0.1, 0.15) is 43.9 Å². The van der Waals surface area contributed by atoms with Gasteiger partial charge in [0.2, 0.25) is 0 Å². The molecule has 1 atom stereocenters. The predicted octanol–water partition coefficient (Wildman–Crippen LogP) is 3.23. The Bertz CT molecular complexity index is 410. The third kappa shape index (κ3) is 4.59. The maximum atomic E-state index is 12.7. The monoisotopic (exact) mass is 271 g/mol. The van der Waals surface area contributed by atoms with Crippen LogP contribution in [-0.4, -0.2) is 19.1 Å². The zero-order chi connectivity index (χ0) is 14.3. The molecular formula is C14H19F2NO2. The lowest BCUT2D eigenvalue weighted by Crippen LogP contribution is -2.30. The number of rotatable bonds is 7. The topological polar surface area (TPSA) is 38.3 Å². The largest absolute Gasteiger partial charge is 0.465 e. The van der Waals surface area contributed by atoms with Gasteiger partial charge in [-0.1, -0.05) is 25.1 Å². The number of halogens is 2. The van der Waals surface area contributed by atoms with Crippen LogP contribution in [0.2, 0.25) is 0 Å². The molecule has 5 heteroatoms. The lowest BCUT2D eigenvalue weighted by Gasteiger charge is -2.18. The molecule has 0 aliphatic rings. The molecule has 0 aliphatic heterocycles. The Morgan fingerprint density at radius 3 is 2.58 bits per heavy atom. The number of alkyl halides is 2. The fourth-order valence-corrected chi connectivity index (χ4v) is 1.73. The van der Waals surface area contributed by atoms with Crippen LogP contribution in [0, 0.1) is 0 Å². The summed E-state index contributed by atoms with van der Waals surface area (Å²) in [5.74, 6) is -0.442. The van der Waals surface area contributed by atoms with Crippen LogP contribution in [0.4, 0.5) is 8.78 Å². The van der Waals surface area contributed by atoms with Crippen molar-refractivity contribution in [2.24, 2.45) is 0 Å². The van der Waals surface area contributed by atoms with Gasteiger partial charge in [-0.25, -0.2) is 13.6 Å². The first kappa shape index (κ1) is 15.6. The minimum atomic E-state index is -2.55. The number of benzene rings is 1. The molecule has 1 aromatic rings. The fourth-order valence-electron chi connectivity index (χ4n) is 1.73. The summed E-state index contributed by atoms with van der Waals surface area (Å²) in [6.45, 7) is 4.55. The Morgan fingerprint density at radius 2 is 2.00 bits per heavy atom. The molecule has 0 bridgehead atoms. The summed E-state index contributed by atoms with van der Waals surface area (Å²) in [7, 11) is 0. The van der Waals surface area contributed by atoms with Crippen LogP contribution in [-0.2, 0) is 9.53 Å². The van der Waals surface area contributed by atoms with E-state index in [0.717, 1.165) is 6.42 Å². The maximum Gasteiger partial charge on any atom is 0.327 e. The van der Waals surface area contributed by atoms with Gasteiger partial charge in [0.15, 0.2) is 0 Å². The van der Waals surface area contributed by atoms with Crippen molar-refractivity contribution >= 4 is 5.97 Å². The molecule has 106 valence electrons. The molecular weight excluding hydrogens is 252 g/mol. The molecule has 1 rings (SSSR count). The highest BCUT2D eigenvalue weighted by Gasteiger charge is 2.22. The van der Waals surface area contributed by atoms with Crippen LogP contribution in [0.25, 0.3) is 0 Å². The van der Waals surface area contributed by atoms with Crippen molar-refractivity contribution in [3.05, 3.63) is 35.4 Å². The van der Waals surface area contributed by atoms with Crippen LogP contribution < -0.4 is 5.32 Å². The van der Waals surface area contributed by atoms with Crippen molar-refractivity contribution in [3.63, 3.8) is 0 Å². The van der Waals surface area contributed by atoms with Gasteiger partial charge in [-0.3, -0.25) is 0 Å². The van der Waals surface area contributed by atoms with Crippen LogP contribution in [0.15, 0.2) is 24.3 Å². The van der Waals surface area contributed by atoms with Crippen molar-refractivity contribution in [3.8, 4) is 0 Å². The third-order valence-corrected chi connectivity index (χ3v) is 2.62. The summed E-state index contributed by atoms with van der Waals surface area (Å²) < 4.78 is 30.3. The first-order chi connectivity index (χ1) is 9.10. The van der Waals surface area contributed by atoms with Crippen LogP contribution in [0.5, 0.6) is 0 Å². The first-order valence-corrected chi connectivity index (χ1v) is 6.38. The molecule has 0 saturated heterocycles. The molecule has 0 aliphatic carbocycles. The van der Waals surface area contributed by atoms with Gasteiger partial charge in [0.25, 0.3) is 6.43 Å². The lowest BCUT2D eigenvalue weighted by molar-refractivity contribution is -0.145. The highest BCUT2D eigenvalue weighted by Crippen LogP contribution is 2.23. The summed E-state index contributed by atoms with van der Waals surface area (Å²) in [6, 6.07) is 5.16. The number of esters is 1. The zero-order valence-corrected chi connectivity index (χ0v) is 11.2. The average Bonchev–Trinajstić information content (AvgIpc) is 2.40. The second-order valence-corrected chi connectivity index (χ2v) is 4.11. The highest BCUT2D eigenvalue weighted by atomic mass is 19.3. The van der Waals surface area contributed by atoms with E-state index in [0.29, 0.717) is 12.1 Å². The standard InChI is InChI=1S/C14H19F2NO2/c1-3-8-17-12(14(18)19-4-2)10-6-5-7-11(9-10)13(15)16/h5-7,9,12-13,17H,3-4,8H2,1-2H3. The van der Waals surface area contributed by atoms with E-state index in [4.69, 9.17) is 4.74 Å². The van der Waals surface area contributed by atoms with E-state index < -0.39 is 18.4 Å². The SMILES string of the molecule is CCCNC(C(=O)OCC)c1cccc(C(F)F)c1. The predicted molar refractivity (Wildman–Crippen MR) is 69.1 cm³/mol. The summed E-state index contributed by atoms with van der Waals surface area (Å²) in [6.07, 6.45) is -1.71. The number of hydrogen-bond acceptors (Lipinski definition) is 3. The minimum absolute atomic E-state index is 0.0925. The third-order valence-electron chi connectivity index (χ3n) is 2.62. The Balaban J connectivity index is 2.95. The van der Waals surface area contributed by atoms with Gasteiger partial charge >= 0.3 is 5.97 Å². The van der Waals surface area contributed by atoms with E-state index in [9.17, 15) is 13.6 Å². The average molecular weight is 271 g/mol. The van der Waals surface area contributed by atoms with E-state index in [2.05, 4.69) is 5.32 Å². The Hall–Kier alpha value is -1.49. The van der Waals surface area contributed by atoms with Crippen molar-refractivity contribution in [1.29, 1.82) is 0 Å². The van der Waals surface area contributed by atoms with Gasteiger partial charge in [0, 0.05) is 5.56 Å². The molecule has 0 fully saturated rings. The van der Waals surface area contributed by atoms with Crippen LogP contribution >= 0.6 is 0 Å². The van der Waals surface area contributed by atoms with Gasteiger partial charge in [0.05, 0.1) is 6.61 Å². The minimum Gasteiger partial charge on any atom is -0.465 e. The summed E-state index contributed by atoms with van der Waals surface area (Å²) in [4.78, 5) is 11.9. The molecule has 0 amide bonds. The lowest BCUT2D eigenvalue weighted by atomic mass is 10.0. The van der Waals surface area contributed by atoms with Crippen molar-refractivity contribution in [2.75, 3.05) is 13.2 Å². The second-order valence-electron chi connectivity index (χ2n) is 4.11. The molecule has 0 heterocycles. The van der Waals surface area contributed by atoms with Gasteiger partial charge in [-0.15, -0.1) is 0 Å². The first-order valence-electron chi connectivity index (χ1n) is 6.38.